The van der Waals surface area contributed by atoms with Gasteiger partial charge in [0.15, 0.2) is 0 Å². The van der Waals surface area contributed by atoms with Crippen molar-refractivity contribution in [3.8, 4) is 11.8 Å². The summed E-state index contributed by atoms with van der Waals surface area (Å²) in [6, 6.07) is 0. The Labute approximate surface area is 103 Å². The summed E-state index contributed by atoms with van der Waals surface area (Å²) in [5.74, 6) is 3.77. The second-order valence-corrected chi connectivity index (χ2v) is 4.70. The number of esters is 1. The van der Waals surface area contributed by atoms with E-state index in [0.29, 0.717) is 0 Å². The molecule has 4 heteroatoms. The smallest absolute Gasteiger partial charge is 0.319 e. The van der Waals surface area contributed by atoms with Crippen LogP contribution in [0.25, 0.3) is 0 Å². The zero-order valence-corrected chi connectivity index (χ0v) is 11.2. The summed E-state index contributed by atoms with van der Waals surface area (Å²) in [6.07, 6.45) is 0. The molecule has 0 heterocycles. The molecule has 0 saturated heterocycles. The number of carbonyl (C=O) groups excluding carboxylic acids is 2. The summed E-state index contributed by atoms with van der Waals surface area (Å²) in [6.45, 7) is 9.44. The molecule has 4 nitrogen and oxygen atoms in total. The molecule has 96 valence electrons. The quantitative estimate of drug-likeness (QED) is 0.458. The number of nitrogens with one attached hydrogen (secondary N) is 1. The first-order chi connectivity index (χ1) is 7.84. The van der Waals surface area contributed by atoms with Gasteiger partial charge in [0.1, 0.15) is 5.92 Å². The Bertz CT molecular complexity index is 331. The fourth-order valence-corrected chi connectivity index (χ4v) is 1.40. The molecule has 0 aromatic heterocycles. The van der Waals surface area contributed by atoms with E-state index in [4.69, 9.17) is 4.74 Å². The molecule has 0 spiro atoms. The second kappa shape index (κ2) is 6.95. The lowest BCUT2D eigenvalue weighted by Gasteiger charge is -2.27. The number of rotatable bonds is 4. The lowest BCUT2D eigenvalue weighted by Crippen LogP contribution is -2.43. The standard InChI is InChI=1S/C13H21NO3/c1-6-8-9-14-11(15)10(13(3,4)5)12(16)17-7-2/h10H,7,9H2,1-5H3,(H,14,15). The molecule has 17 heavy (non-hydrogen) atoms. The highest BCUT2D eigenvalue weighted by atomic mass is 16.5. The van der Waals surface area contributed by atoms with Gasteiger partial charge in [0.2, 0.25) is 5.91 Å². The number of hydrogen-bond donors (Lipinski definition) is 1. The molecule has 0 aromatic carbocycles. The molecule has 1 N–H and O–H groups in total. The lowest BCUT2D eigenvalue weighted by molar-refractivity contribution is -0.156. The highest BCUT2D eigenvalue weighted by Gasteiger charge is 2.38. The van der Waals surface area contributed by atoms with Crippen molar-refractivity contribution in [2.45, 2.75) is 34.6 Å². The normalized spacial score (nSPS) is 12.1. The first kappa shape index (κ1) is 15.5. The molecule has 0 aliphatic carbocycles. The van der Waals surface area contributed by atoms with Gasteiger partial charge in [-0.15, -0.1) is 5.92 Å². The van der Waals surface area contributed by atoms with E-state index in [-0.39, 0.29) is 19.1 Å². The molecule has 1 unspecified atom stereocenters. The van der Waals surface area contributed by atoms with Crippen LogP contribution in [0.2, 0.25) is 0 Å². The number of hydrogen-bond acceptors (Lipinski definition) is 3. The average molecular weight is 239 g/mol. The molecule has 0 fully saturated rings. The van der Waals surface area contributed by atoms with Gasteiger partial charge in [0.25, 0.3) is 0 Å². The average Bonchev–Trinajstić information content (AvgIpc) is 2.16. The van der Waals surface area contributed by atoms with Gasteiger partial charge >= 0.3 is 5.97 Å². The molecular formula is C13H21NO3. The van der Waals surface area contributed by atoms with Crippen LogP contribution in [0.3, 0.4) is 0 Å². The third kappa shape index (κ3) is 5.39. The van der Waals surface area contributed by atoms with E-state index < -0.39 is 17.3 Å². The van der Waals surface area contributed by atoms with Crippen molar-refractivity contribution < 1.29 is 14.3 Å². The molecular weight excluding hydrogens is 218 g/mol. The molecule has 0 bridgehead atoms. The maximum absolute atomic E-state index is 11.9. The van der Waals surface area contributed by atoms with Crippen molar-refractivity contribution in [3.63, 3.8) is 0 Å². The van der Waals surface area contributed by atoms with Crippen LogP contribution in [0.5, 0.6) is 0 Å². The van der Waals surface area contributed by atoms with Crippen LogP contribution in [0, 0.1) is 23.2 Å². The summed E-state index contributed by atoms with van der Waals surface area (Å²) in [4.78, 5) is 23.6. The van der Waals surface area contributed by atoms with Crippen molar-refractivity contribution >= 4 is 11.9 Å². The van der Waals surface area contributed by atoms with Crippen LogP contribution in [0.15, 0.2) is 0 Å². The largest absolute Gasteiger partial charge is 0.465 e. The van der Waals surface area contributed by atoms with E-state index in [1.165, 1.54) is 0 Å². The van der Waals surface area contributed by atoms with E-state index in [1.54, 1.807) is 13.8 Å². The summed E-state index contributed by atoms with van der Waals surface area (Å²) < 4.78 is 4.92. The minimum absolute atomic E-state index is 0.251. The summed E-state index contributed by atoms with van der Waals surface area (Å²) >= 11 is 0. The predicted molar refractivity (Wildman–Crippen MR) is 66.0 cm³/mol. The van der Waals surface area contributed by atoms with Crippen molar-refractivity contribution in [1.82, 2.24) is 5.32 Å². The Hall–Kier alpha value is -1.50. The molecule has 0 aliphatic rings. The number of carbonyl (C=O) groups is 2. The van der Waals surface area contributed by atoms with Crippen molar-refractivity contribution in [3.05, 3.63) is 0 Å². The van der Waals surface area contributed by atoms with Gasteiger partial charge < -0.3 is 10.1 Å². The van der Waals surface area contributed by atoms with Crippen LogP contribution >= 0.6 is 0 Å². The van der Waals surface area contributed by atoms with Gasteiger partial charge in [0.05, 0.1) is 13.2 Å². The first-order valence-electron chi connectivity index (χ1n) is 5.68. The van der Waals surface area contributed by atoms with Crippen molar-refractivity contribution in [2.75, 3.05) is 13.2 Å². The van der Waals surface area contributed by atoms with E-state index in [9.17, 15) is 9.59 Å². The summed E-state index contributed by atoms with van der Waals surface area (Å²) in [7, 11) is 0. The number of ether oxygens (including phenoxy) is 1. The SMILES string of the molecule is CC#CCNC(=O)C(C(=O)OCC)C(C)(C)C. The summed E-state index contributed by atoms with van der Waals surface area (Å²) in [5, 5.41) is 2.62. The first-order valence-corrected chi connectivity index (χ1v) is 5.68. The van der Waals surface area contributed by atoms with Gasteiger partial charge in [-0.1, -0.05) is 26.7 Å². The Morgan fingerprint density at radius 1 is 1.35 bits per heavy atom. The molecule has 0 saturated carbocycles. The molecule has 0 rings (SSSR count). The Kier molecular flexibility index (Phi) is 6.34. The maximum Gasteiger partial charge on any atom is 0.319 e. The van der Waals surface area contributed by atoms with E-state index in [1.807, 2.05) is 20.8 Å². The highest BCUT2D eigenvalue weighted by molar-refractivity contribution is 5.98. The Morgan fingerprint density at radius 3 is 2.35 bits per heavy atom. The van der Waals surface area contributed by atoms with Crippen LogP contribution in [-0.2, 0) is 14.3 Å². The predicted octanol–water partition coefficient (Wildman–Crippen LogP) is 1.35. The Balaban J connectivity index is 4.73. The second-order valence-electron chi connectivity index (χ2n) is 4.70. The van der Waals surface area contributed by atoms with Crippen LogP contribution < -0.4 is 5.32 Å². The molecule has 0 radical (unpaired) electrons. The maximum atomic E-state index is 11.9. The van der Waals surface area contributed by atoms with Gasteiger partial charge in [0, 0.05) is 0 Å². The van der Waals surface area contributed by atoms with E-state index in [0.717, 1.165) is 0 Å². The summed E-state index contributed by atoms with van der Waals surface area (Å²) in [5.41, 5.74) is -0.476. The zero-order chi connectivity index (χ0) is 13.5. The third-order valence-electron chi connectivity index (χ3n) is 2.18. The minimum Gasteiger partial charge on any atom is -0.465 e. The van der Waals surface area contributed by atoms with Gasteiger partial charge in [-0.2, -0.15) is 0 Å². The Morgan fingerprint density at radius 2 is 1.94 bits per heavy atom. The zero-order valence-electron chi connectivity index (χ0n) is 11.2. The van der Waals surface area contributed by atoms with Crippen LogP contribution in [0.1, 0.15) is 34.6 Å². The molecule has 0 aromatic rings. The van der Waals surface area contributed by atoms with E-state index >= 15 is 0 Å². The number of amides is 1. The molecule has 1 atom stereocenters. The fraction of sp³-hybridized carbons (Fsp3) is 0.692. The third-order valence-corrected chi connectivity index (χ3v) is 2.18. The highest BCUT2D eigenvalue weighted by Crippen LogP contribution is 2.27. The topological polar surface area (TPSA) is 55.4 Å². The fourth-order valence-electron chi connectivity index (χ4n) is 1.40. The molecule has 0 aliphatic heterocycles. The van der Waals surface area contributed by atoms with Gasteiger partial charge in [-0.3, -0.25) is 9.59 Å². The lowest BCUT2D eigenvalue weighted by atomic mass is 9.80. The minimum atomic E-state index is -0.805. The van der Waals surface area contributed by atoms with E-state index in [2.05, 4.69) is 17.2 Å². The molecule has 1 amide bonds. The van der Waals surface area contributed by atoms with Gasteiger partial charge in [-0.05, 0) is 19.3 Å². The monoisotopic (exact) mass is 239 g/mol. The van der Waals surface area contributed by atoms with Gasteiger partial charge in [-0.25, -0.2) is 0 Å². The van der Waals surface area contributed by atoms with Crippen LogP contribution in [0.4, 0.5) is 0 Å². The van der Waals surface area contributed by atoms with Crippen molar-refractivity contribution in [1.29, 1.82) is 0 Å². The van der Waals surface area contributed by atoms with Crippen molar-refractivity contribution in [2.24, 2.45) is 11.3 Å². The van der Waals surface area contributed by atoms with Crippen LogP contribution in [-0.4, -0.2) is 25.0 Å².